The fourth-order valence-corrected chi connectivity index (χ4v) is 3.13. The summed E-state index contributed by atoms with van der Waals surface area (Å²) in [5.41, 5.74) is 0. The average Bonchev–Trinajstić information content (AvgIpc) is 2.83. The van der Waals surface area contributed by atoms with E-state index >= 15 is 0 Å². The van der Waals surface area contributed by atoms with E-state index in [0.29, 0.717) is 0 Å². The molecule has 1 atom stereocenters. The summed E-state index contributed by atoms with van der Waals surface area (Å²) in [6.45, 7) is 5.16. The van der Waals surface area contributed by atoms with E-state index in [-0.39, 0.29) is 11.9 Å². The second kappa shape index (κ2) is 6.47. The summed E-state index contributed by atoms with van der Waals surface area (Å²) in [7, 11) is 0. The zero-order valence-electron chi connectivity index (χ0n) is 9.71. The van der Waals surface area contributed by atoms with Crippen molar-refractivity contribution in [2.75, 3.05) is 44.2 Å². The Hall–Kier alpha value is -0.260. The minimum Gasteiger partial charge on any atom is -0.353 e. The van der Waals surface area contributed by atoms with Gasteiger partial charge >= 0.3 is 0 Å². The van der Waals surface area contributed by atoms with Crippen LogP contribution in [0.2, 0.25) is 0 Å². The third-order valence-corrected chi connectivity index (χ3v) is 4.23. The zero-order chi connectivity index (χ0) is 11.2. The van der Waals surface area contributed by atoms with Crippen molar-refractivity contribution < 1.29 is 4.79 Å². The van der Waals surface area contributed by atoms with Gasteiger partial charge in [-0.2, -0.15) is 11.8 Å². The van der Waals surface area contributed by atoms with Gasteiger partial charge in [-0.25, -0.2) is 0 Å². The van der Waals surface area contributed by atoms with Gasteiger partial charge in [0.05, 0.1) is 6.04 Å². The van der Waals surface area contributed by atoms with Crippen molar-refractivity contribution in [2.45, 2.75) is 18.9 Å². The standard InChI is InChI=1S/C11H21N3OS/c15-11(10-9-16-8-4-12-10)13-3-7-14-5-1-2-6-14/h10,12H,1-9H2,(H,13,15). The molecule has 2 fully saturated rings. The smallest absolute Gasteiger partial charge is 0.238 e. The molecule has 16 heavy (non-hydrogen) atoms. The Labute approximate surface area is 102 Å². The van der Waals surface area contributed by atoms with Crippen molar-refractivity contribution in [1.82, 2.24) is 15.5 Å². The summed E-state index contributed by atoms with van der Waals surface area (Å²) in [6.07, 6.45) is 2.63. The minimum absolute atomic E-state index is 0.0253. The van der Waals surface area contributed by atoms with E-state index in [1.54, 1.807) is 0 Å². The SMILES string of the molecule is O=C(NCCN1CCCC1)C1CSCCN1. The highest BCUT2D eigenvalue weighted by Gasteiger charge is 2.20. The van der Waals surface area contributed by atoms with Crippen LogP contribution in [0.1, 0.15) is 12.8 Å². The highest BCUT2D eigenvalue weighted by molar-refractivity contribution is 7.99. The van der Waals surface area contributed by atoms with Gasteiger partial charge < -0.3 is 15.5 Å². The average molecular weight is 243 g/mol. The summed E-state index contributed by atoms with van der Waals surface area (Å²) in [5.74, 6) is 2.21. The van der Waals surface area contributed by atoms with E-state index in [4.69, 9.17) is 0 Å². The lowest BCUT2D eigenvalue weighted by molar-refractivity contribution is -0.122. The highest BCUT2D eigenvalue weighted by atomic mass is 32.2. The number of nitrogens with one attached hydrogen (secondary N) is 2. The lowest BCUT2D eigenvalue weighted by Gasteiger charge is -2.23. The molecule has 4 nitrogen and oxygen atoms in total. The molecule has 0 saturated carbocycles. The number of hydrogen-bond acceptors (Lipinski definition) is 4. The molecule has 0 bridgehead atoms. The zero-order valence-corrected chi connectivity index (χ0v) is 10.5. The first-order valence-corrected chi connectivity index (χ1v) is 7.33. The van der Waals surface area contributed by atoms with Crippen molar-refractivity contribution in [3.05, 3.63) is 0 Å². The van der Waals surface area contributed by atoms with Gasteiger partial charge in [0.25, 0.3) is 0 Å². The van der Waals surface area contributed by atoms with Crippen LogP contribution in [0.3, 0.4) is 0 Å². The molecule has 92 valence electrons. The Balaban J connectivity index is 1.59. The van der Waals surface area contributed by atoms with Crippen LogP contribution in [-0.2, 0) is 4.79 Å². The Kier molecular flexibility index (Phi) is 4.93. The molecule has 5 heteroatoms. The number of likely N-dealkylation sites (tertiary alicyclic amines) is 1. The lowest BCUT2D eigenvalue weighted by atomic mass is 10.3. The Bertz CT molecular complexity index is 225. The molecular weight excluding hydrogens is 222 g/mol. The van der Waals surface area contributed by atoms with Crippen LogP contribution in [0.4, 0.5) is 0 Å². The van der Waals surface area contributed by atoms with E-state index in [1.807, 2.05) is 11.8 Å². The molecule has 2 N–H and O–H groups in total. The quantitative estimate of drug-likeness (QED) is 0.724. The molecule has 1 amide bonds. The topological polar surface area (TPSA) is 44.4 Å². The maximum absolute atomic E-state index is 11.8. The van der Waals surface area contributed by atoms with E-state index in [0.717, 1.165) is 31.1 Å². The summed E-state index contributed by atoms with van der Waals surface area (Å²) in [4.78, 5) is 14.2. The van der Waals surface area contributed by atoms with Crippen LogP contribution in [0.5, 0.6) is 0 Å². The van der Waals surface area contributed by atoms with Gasteiger partial charge in [0, 0.05) is 31.1 Å². The maximum Gasteiger partial charge on any atom is 0.238 e. The lowest BCUT2D eigenvalue weighted by Crippen LogP contribution is -2.50. The molecule has 2 heterocycles. The molecule has 0 aromatic carbocycles. The van der Waals surface area contributed by atoms with Gasteiger partial charge in [0.1, 0.15) is 0 Å². The first-order valence-electron chi connectivity index (χ1n) is 6.17. The molecule has 0 spiro atoms. The number of rotatable bonds is 4. The van der Waals surface area contributed by atoms with Crippen LogP contribution < -0.4 is 10.6 Å². The monoisotopic (exact) mass is 243 g/mol. The number of amides is 1. The van der Waals surface area contributed by atoms with E-state index in [1.165, 1.54) is 25.9 Å². The van der Waals surface area contributed by atoms with Crippen LogP contribution in [0.25, 0.3) is 0 Å². The fourth-order valence-electron chi connectivity index (χ4n) is 2.20. The first-order chi connectivity index (χ1) is 7.86. The van der Waals surface area contributed by atoms with Crippen molar-refractivity contribution in [1.29, 1.82) is 0 Å². The summed E-state index contributed by atoms with van der Waals surface area (Å²) in [5, 5.41) is 6.27. The second-order valence-corrected chi connectivity index (χ2v) is 5.57. The van der Waals surface area contributed by atoms with Crippen molar-refractivity contribution >= 4 is 17.7 Å². The molecule has 2 aliphatic heterocycles. The number of carbonyl (C=O) groups is 1. The minimum atomic E-state index is 0.0253. The molecule has 0 aliphatic carbocycles. The molecule has 1 unspecified atom stereocenters. The van der Waals surface area contributed by atoms with Crippen LogP contribution in [0.15, 0.2) is 0 Å². The molecular formula is C11H21N3OS. The molecule has 0 radical (unpaired) electrons. The predicted octanol–water partition coefficient (Wildman–Crippen LogP) is -0.0966. The van der Waals surface area contributed by atoms with Gasteiger partial charge in [0.15, 0.2) is 0 Å². The fraction of sp³-hybridized carbons (Fsp3) is 0.909. The molecule has 0 aromatic rings. The third-order valence-electron chi connectivity index (χ3n) is 3.16. The maximum atomic E-state index is 11.8. The van der Waals surface area contributed by atoms with Crippen molar-refractivity contribution in [3.8, 4) is 0 Å². The molecule has 2 aliphatic rings. The van der Waals surface area contributed by atoms with Crippen LogP contribution >= 0.6 is 11.8 Å². The van der Waals surface area contributed by atoms with Crippen molar-refractivity contribution in [2.24, 2.45) is 0 Å². The van der Waals surface area contributed by atoms with Crippen LogP contribution in [-0.4, -0.2) is 61.1 Å². The number of carbonyl (C=O) groups excluding carboxylic acids is 1. The predicted molar refractivity (Wildman–Crippen MR) is 67.8 cm³/mol. The Morgan fingerprint density at radius 2 is 2.25 bits per heavy atom. The highest BCUT2D eigenvalue weighted by Crippen LogP contribution is 2.08. The van der Waals surface area contributed by atoms with Crippen molar-refractivity contribution in [3.63, 3.8) is 0 Å². The number of thioether (sulfide) groups is 1. The summed E-state index contributed by atoms with van der Waals surface area (Å²) >= 11 is 1.86. The van der Waals surface area contributed by atoms with Crippen LogP contribution in [0, 0.1) is 0 Å². The Morgan fingerprint density at radius 1 is 1.44 bits per heavy atom. The third kappa shape index (κ3) is 3.64. The largest absolute Gasteiger partial charge is 0.353 e. The van der Waals surface area contributed by atoms with Gasteiger partial charge in [-0.3, -0.25) is 4.79 Å². The van der Waals surface area contributed by atoms with E-state index < -0.39 is 0 Å². The summed E-state index contributed by atoms with van der Waals surface area (Å²) < 4.78 is 0. The van der Waals surface area contributed by atoms with Gasteiger partial charge in [0.2, 0.25) is 5.91 Å². The normalized spacial score (nSPS) is 26.9. The molecule has 0 aromatic heterocycles. The second-order valence-electron chi connectivity index (χ2n) is 4.42. The Morgan fingerprint density at radius 3 is 2.94 bits per heavy atom. The van der Waals surface area contributed by atoms with E-state index in [9.17, 15) is 4.79 Å². The molecule has 2 saturated heterocycles. The molecule has 2 rings (SSSR count). The first kappa shape index (κ1) is 12.2. The van der Waals surface area contributed by atoms with Gasteiger partial charge in [-0.1, -0.05) is 0 Å². The number of hydrogen-bond donors (Lipinski definition) is 2. The summed E-state index contributed by atoms with van der Waals surface area (Å²) in [6, 6.07) is 0.0253. The van der Waals surface area contributed by atoms with Gasteiger partial charge in [-0.05, 0) is 25.9 Å². The van der Waals surface area contributed by atoms with E-state index in [2.05, 4.69) is 15.5 Å². The van der Waals surface area contributed by atoms with Gasteiger partial charge in [-0.15, -0.1) is 0 Å². The number of nitrogens with zero attached hydrogens (tertiary/aromatic N) is 1.